The molecule has 0 aliphatic carbocycles. The van der Waals surface area contributed by atoms with Crippen molar-refractivity contribution >= 4 is 39.7 Å². The van der Waals surface area contributed by atoms with Gasteiger partial charge in [-0.25, -0.2) is 0 Å². The van der Waals surface area contributed by atoms with E-state index in [1.54, 1.807) is 0 Å². The minimum atomic E-state index is -4.59. The Labute approximate surface area is 103 Å². The Hall–Kier alpha value is -1.19. The molecule has 0 saturated carbocycles. The van der Waals surface area contributed by atoms with E-state index in [0.29, 0.717) is 0 Å². The number of carbonyl (C=O) groups is 3. The number of hydrogen-bond acceptors (Lipinski definition) is 5. The third-order valence-corrected chi connectivity index (χ3v) is 3.81. The number of imide groups is 1. The molecule has 1 unspecified atom stereocenters. The van der Waals surface area contributed by atoms with E-state index in [4.69, 9.17) is 4.55 Å². The lowest BCUT2D eigenvalue weighted by atomic mass is 10.3. The molecule has 1 aliphatic rings. The first kappa shape index (κ1) is 13.9. The lowest BCUT2D eigenvalue weighted by Crippen LogP contribution is -2.36. The highest BCUT2D eigenvalue weighted by atomic mass is 32.2. The van der Waals surface area contributed by atoms with Gasteiger partial charge in [-0.15, -0.1) is 12.6 Å². The van der Waals surface area contributed by atoms with E-state index < -0.39 is 32.3 Å². The molecule has 1 N–H and O–H groups in total. The molecule has 17 heavy (non-hydrogen) atoms. The fourth-order valence-electron chi connectivity index (χ4n) is 1.30. The Morgan fingerprint density at radius 3 is 2.18 bits per heavy atom. The van der Waals surface area contributed by atoms with Crippen molar-refractivity contribution in [3.05, 3.63) is 12.2 Å². The molecule has 0 spiro atoms. The maximum atomic E-state index is 11.1. The van der Waals surface area contributed by atoms with Crippen molar-refractivity contribution in [2.24, 2.45) is 0 Å². The quantitative estimate of drug-likeness (QED) is 0.380. The van der Waals surface area contributed by atoms with E-state index in [2.05, 4.69) is 12.6 Å². The van der Waals surface area contributed by atoms with Crippen LogP contribution in [0, 0.1) is 0 Å². The standard InChI is InChI=1S/C8H9NO6S2/c10-6-1-2-7(11)9(6)4-3-5(8(12)16)17(13,14)15/h1-2,5H,3-4H2,(H,12,16)(H,13,14,15). The van der Waals surface area contributed by atoms with Crippen LogP contribution in [0.3, 0.4) is 0 Å². The zero-order valence-electron chi connectivity index (χ0n) is 8.44. The number of hydrogen-bond donors (Lipinski definition) is 2. The summed E-state index contributed by atoms with van der Waals surface area (Å²) in [7, 11) is -4.59. The van der Waals surface area contributed by atoms with Gasteiger partial charge < -0.3 is 0 Å². The predicted octanol–water partition coefficient (Wildman–Crippen LogP) is -0.986. The van der Waals surface area contributed by atoms with E-state index in [1.165, 1.54) is 0 Å². The summed E-state index contributed by atoms with van der Waals surface area (Å²) >= 11 is 3.33. The molecule has 9 heteroatoms. The molecule has 1 atom stereocenters. The minimum absolute atomic E-state index is 0.276. The first-order valence-electron chi connectivity index (χ1n) is 4.46. The summed E-state index contributed by atoms with van der Waals surface area (Å²) in [5.74, 6) is -1.17. The maximum Gasteiger partial charge on any atom is 0.275 e. The first-order chi connectivity index (χ1) is 7.73. The summed E-state index contributed by atoms with van der Waals surface area (Å²) < 4.78 is 30.4. The third-order valence-electron chi connectivity index (χ3n) is 2.15. The number of carbonyl (C=O) groups excluding carboxylic acids is 3. The SMILES string of the molecule is O=C(S)C(CCN1C(=O)C=CC1=O)S(=O)(=O)O. The van der Waals surface area contributed by atoms with Crippen LogP contribution in [0.2, 0.25) is 0 Å². The molecular formula is C8H9NO6S2. The van der Waals surface area contributed by atoms with Gasteiger partial charge in [0.1, 0.15) is 0 Å². The number of nitrogens with zero attached hydrogens (tertiary/aromatic N) is 1. The lowest BCUT2D eigenvalue weighted by molar-refractivity contribution is -0.137. The van der Waals surface area contributed by atoms with Gasteiger partial charge in [-0.1, -0.05) is 0 Å². The topological polar surface area (TPSA) is 109 Å². The van der Waals surface area contributed by atoms with Crippen LogP contribution in [0.4, 0.5) is 0 Å². The summed E-state index contributed by atoms with van der Waals surface area (Å²) in [6, 6.07) is 0. The van der Waals surface area contributed by atoms with Crippen LogP contribution in [0.5, 0.6) is 0 Å². The molecule has 0 aromatic rings. The van der Waals surface area contributed by atoms with E-state index >= 15 is 0 Å². The smallest absolute Gasteiger partial charge is 0.275 e. The average molecular weight is 279 g/mol. The van der Waals surface area contributed by atoms with Gasteiger partial charge in [-0.2, -0.15) is 8.42 Å². The zero-order valence-corrected chi connectivity index (χ0v) is 10.1. The monoisotopic (exact) mass is 279 g/mol. The van der Waals surface area contributed by atoms with Crippen molar-refractivity contribution in [3.63, 3.8) is 0 Å². The molecule has 2 amide bonds. The van der Waals surface area contributed by atoms with Crippen LogP contribution >= 0.6 is 12.6 Å². The third kappa shape index (κ3) is 3.38. The summed E-state index contributed by atoms with van der Waals surface area (Å²) in [6.45, 7) is -0.276. The normalized spacial score (nSPS) is 17.6. The second kappa shape index (κ2) is 4.98. The predicted molar refractivity (Wildman–Crippen MR) is 59.8 cm³/mol. The van der Waals surface area contributed by atoms with Crippen molar-refractivity contribution in [2.75, 3.05) is 6.54 Å². The molecule has 0 saturated heterocycles. The number of amides is 2. The van der Waals surface area contributed by atoms with Crippen molar-refractivity contribution in [1.29, 1.82) is 0 Å². The van der Waals surface area contributed by atoms with E-state index in [1.807, 2.05) is 0 Å². The van der Waals surface area contributed by atoms with Gasteiger partial charge in [0, 0.05) is 18.7 Å². The molecule has 0 aromatic carbocycles. The van der Waals surface area contributed by atoms with Gasteiger partial charge in [-0.3, -0.25) is 23.8 Å². The molecule has 0 aromatic heterocycles. The first-order valence-corrected chi connectivity index (χ1v) is 6.41. The maximum absolute atomic E-state index is 11.1. The fourth-order valence-corrected chi connectivity index (χ4v) is 2.48. The lowest BCUT2D eigenvalue weighted by Gasteiger charge is -2.16. The van der Waals surface area contributed by atoms with Gasteiger partial charge in [0.15, 0.2) is 5.25 Å². The number of rotatable bonds is 5. The van der Waals surface area contributed by atoms with Gasteiger partial charge in [0.25, 0.3) is 21.9 Å². The molecule has 1 rings (SSSR count). The van der Waals surface area contributed by atoms with Crippen molar-refractivity contribution in [2.45, 2.75) is 11.7 Å². The molecule has 0 radical (unpaired) electrons. The Bertz CT molecular complexity index is 476. The van der Waals surface area contributed by atoms with Crippen LogP contribution in [0.25, 0.3) is 0 Å². The summed E-state index contributed by atoms with van der Waals surface area (Å²) in [5.41, 5.74) is 0. The zero-order chi connectivity index (χ0) is 13.2. The van der Waals surface area contributed by atoms with Crippen LogP contribution < -0.4 is 0 Å². The van der Waals surface area contributed by atoms with Crippen LogP contribution in [-0.4, -0.2) is 46.6 Å². The highest BCUT2D eigenvalue weighted by Crippen LogP contribution is 2.12. The molecule has 7 nitrogen and oxygen atoms in total. The van der Waals surface area contributed by atoms with Crippen molar-refractivity contribution < 1.29 is 27.4 Å². The highest BCUT2D eigenvalue weighted by Gasteiger charge is 2.31. The second-order valence-electron chi connectivity index (χ2n) is 3.29. The average Bonchev–Trinajstić information content (AvgIpc) is 2.46. The van der Waals surface area contributed by atoms with Gasteiger partial charge in [0.05, 0.1) is 0 Å². The summed E-state index contributed by atoms with van der Waals surface area (Å²) in [6.07, 6.45) is 1.68. The molecule has 94 valence electrons. The largest absolute Gasteiger partial charge is 0.286 e. The summed E-state index contributed by atoms with van der Waals surface area (Å²) in [5, 5.41) is -2.79. The molecule has 1 aliphatic heterocycles. The second-order valence-corrected chi connectivity index (χ2v) is 5.33. The Morgan fingerprint density at radius 1 is 1.35 bits per heavy atom. The van der Waals surface area contributed by atoms with Gasteiger partial charge in [-0.05, 0) is 6.42 Å². The Kier molecular flexibility index (Phi) is 4.07. The van der Waals surface area contributed by atoms with Gasteiger partial charge in [0.2, 0.25) is 5.12 Å². The minimum Gasteiger partial charge on any atom is -0.286 e. The van der Waals surface area contributed by atoms with E-state index in [0.717, 1.165) is 17.1 Å². The van der Waals surface area contributed by atoms with Crippen molar-refractivity contribution in [3.8, 4) is 0 Å². The molecule has 1 heterocycles. The Morgan fingerprint density at radius 2 is 1.82 bits per heavy atom. The van der Waals surface area contributed by atoms with Gasteiger partial charge >= 0.3 is 0 Å². The molecule has 0 fully saturated rings. The molecule has 0 bridgehead atoms. The van der Waals surface area contributed by atoms with Crippen LogP contribution in [0.1, 0.15) is 6.42 Å². The van der Waals surface area contributed by atoms with Crippen LogP contribution in [-0.2, 0) is 24.5 Å². The fraction of sp³-hybridized carbons (Fsp3) is 0.375. The summed E-state index contributed by atoms with van der Waals surface area (Å²) in [4.78, 5) is 33.9. The highest BCUT2D eigenvalue weighted by molar-refractivity contribution is 8.00. The van der Waals surface area contributed by atoms with Crippen molar-refractivity contribution in [1.82, 2.24) is 4.90 Å². The van der Waals surface area contributed by atoms with Crippen LogP contribution in [0.15, 0.2) is 12.2 Å². The van der Waals surface area contributed by atoms with E-state index in [-0.39, 0.29) is 13.0 Å². The number of thiol groups is 1. The van der Waals surface area contributed by atoms with E-state index in [9.17, 15) is 22.8 Å². The molecular weight excluding hydrogens is 270 g/mol. The Balaban J connectivity index is 2.69.